The molecule has 0 radical (unpaired) electrons. The van der Waals surface area contributed by atoms with Crippen LogP contribution in [-0.2, 0) is 14.7 Å². The van der Waals surface area contributed by atoms with E-state index in [4.69, 9.17) is 9.31 Å². The van der Waals surface area contributed by atoms with Gasteiger partial charge in [-0.15, -0.1) is 0 Å². The van der Waals surface area contributed by atoms with Crippen LogP contribution in [0.2, 0.25) is 0 Å². The molecule has 6 rings (SSSR count). The molecule has 1 saturated heterocycles. The lowest BCUT2D eigenvalue weighted by molar-refractivity contribution is 0.00578. The van der Waals surface area contributed by atoms with Crippen LogP contribution in [-0.4, -0.2) is 18.3 Å². The lowest BCUT2D eigenvalue weighted by atomic mass is 9.66. The topological polar surface area (TPSA) is 18.5 Å². The highest BCUT2D eigenvalue weighted by Gasteiger charge is 2.52. The average Bonchev–Trinajstić information content (AvgIpc) is 3.22. The Hall–Kier alpha value is -2.36. The molecule has 168 valence electrons. The van der Waals surface area contributed by atoms with E-state index in [-0.39, 0.29) is 23.7 Å². The maximum Gasteiger partial charge on any atom is 0.494 e. The second-order valence-corrected chi connectivity index (χ2v) is 11.1. The first kappa shape index (κ1) is 21.2. The number of hydrogen-bond donors (Lipinski definition) is 0. The van der Waals surface area contributed by atoms with Crippen LogP contribution in [0.25, 0.3) is 22.3 Å². The quantitative estimate of drug-likeness (QED) is 0.408. The average molecular weight is 436 g/mol. The van der Waals surface area contributed by atoms with E-state index in [1.807, 2.05) is 0 Å². The van der Waals surface area contributed by atoms with Crippen molar-refractivity contribution >= 4 is 12.6 Å². The Kier molecular flexibility index (Phi) is 4.70. The Labute approximate surface area is 198 Å². The summed E-state index contributed by atoms with van der Waals surface area (Å²) in [7, 11) is -0.340. The molecule has 1 saturated carbocycles. The molecule has 33 heavy (non-hydrogen) atoms. The Bertz CT molecular complexity index is 1200. The fourth-order valence-electron chi connectivity index (χ4n) is 6.31. The van der Waals surface area contributed by atoms with Crippen molar-refractivity contribution in [2.45, 2.75) is 76.4 Å². The summed E-state index contributed by atoms with van der Waals surface area (Å²) in [6.07, 6.45) is 6.43. The summed E-state index contributed by atoms with van der Waals surface area (Å²) in [5, 5.41) is 0. The van der Waals surface area contributed by atoms with Crippen molar-refractivity contribution in [2.75, 3.05) is 0 Å². The van der Waals surface area contributed by atoms with E-state index >= 15 is 0 Å². The fraction of sp³-hybridized carbons (Fsp3) is 0.400. The van der Waals surface area contributed by atoms with Crippen LogP contribution >= 0.6 is 0 Å². The van der Waals surface area contributed by atoms with E-state index in [0.29, 0.717) is 0 Å². The van der Waals surface area contributed by atoms with Crippen LogP contribution < -0.4 is 5.46 Å². The third-order valence-electron chi connectivity index (χ3n) is 8.71. The van der Waals surface area contributed by atoms with Crippen LogP contribution in [0.15, 0.2) is 66.7 Å². The lowest BCUT2D eigenvalue weighted by Gasteiger charge is -2.37. The fourth-order valence-corrected chi connectivity index (χ4v) is 6.31. The molecule has 3 aromatic rings. The molecule has 1 heterocycles. The molecule has 0 unspecified atom stereocenters. The third kappa shape index (κ3) is 3.09. The van der Waals surface area contributed by atoms with E-state index in [1.54, 1.807) is 0 Å². The van der Waals surface area contributed by atoms with Gasteiger partial charge in [-0.3, -0.25) is 0 Å². The molecule has 0 amide bonds. The monoisotopic (exact) mass is 436 g/mol. The molecule has 0 atom stereocenters. The predicted molar refractivity (Wildman–Crippen MR) is 137 cm³/mol. The molecule has 3 aliphatic rings. The van der Waals surface area contributed by atoms with Gasteiger partial charge in [-0.25, -0.2) is 0 Å². The van der Waals surface area contributed by atoms with Gasteiger partial charge in [0.15, 0.2) is 0 Å². The van der Waals surface area contributed by atoms with Gasteiger partial charge in [0.25, 0.3) is 0 Å². The van der Waals surface area contributed by atoms with Crippen molar-refractivity contribution < 1.29 is 9.31 Å². The van der Waals surface area contributed by atoms with E-state index in [0.717, 1.165) is 5.46 Å². The lowest BCUT2D eigenvalue weighted by Crippen LogP contribution is -2.41. The SMILES string of the molecule is CC1(C)OB(c2cccc(-c3cccc4c3C3(CCCCC3)c3ccccc3-4)c2)OC1(C)C. The van der Waals surface area contributed by atoms with Crippen LogP contribution in [0, 0.1) is 0 Å². The van der Waals surface area contributed by atoms with Gasteiger partial charge < -0.3 is 9.31 Å². The van der Waals surface area contributed by atoms with Crippen molar-refractivity contribution in [3.05, 3.63) is 77.9 Å². The molecular weight excluding hydrogens is 403 g/mol. The van der Waals surface area contributed by atoms with Crippen LogP contribution in [0.5, 0.6) is 0 Å². The molecule has 2 nitrogen and oxygen atoms in total. The largest absolute Gasteiger partial charge is 0.494 e. The zero-order valence-corrected chi connectivity index (χ0v) is 20.3. The van der Waals surface area contributed by atoms with Gasteiger partial charge in [-0.2, -0.15) is 0 Å². The first-order valence-corrected chi connectivity index (χ1v) is 12.5. The number of benzene rings is 3. The summed E-state index contributed by atoms with van der Waals surface area (Å²) >= 11 is 0. The molecule has 2 fully saturated rings. The maximum atomic E-state index is 6.37. The van der Waals surface area contributed by atoms with Crippen LogP contribution in [0.4, 0.5) is 0 Å². The zero-order chi connectivity index (χ0) is 22.8. The summed E-state index contributed by atoms with van der Waals surface area (Å²) in [5.74, 6) is 0. The third-order valence-corrected chi connectivity index (χ3v) is 8.71. The maximum absolute atomic E-state index is 6.37. The Morgan fingerprint density at radius 1 is 0.667 bits per heavy atom. The van der Waals surface area contributed by atoms with Crippen molar-refractivity contribution in [2.24, 2.45) is 0 Å². The second-order valence-electron chi connectivity index (χ2n) is 11.1. The first-order chi connectivity index (χ1) is 15.8. The smallest absolute Gasteiger partial charge is 0.399 e. The molecule has 1 aliphatic heterocycles. The van der Waals surface area contributed by atoms with E-state index in [9.17, 15) is 0 Å². The van der Waals surface area contributed by atoms with Crippen molar-refractivity contribution in [1.82, 2.24) is 0 Å². The van der Waals surface area contributed by atoms with Crippen molar-refractivity contribution in [1.29, 1.82) is 0 Å². The van der Waals surface area contributed by atoms with Gasteiger partial charge in [0.1, 0.15) is 0 Å². The molecular formula is C30H33BO2. The highest BCUT2D eigenvalue weighted by atomic mass is 16.7. The molecule has 0 aromatic heterocycles. The van der Waals surface area contributed by atoms with Gasteiger partial charge in [0, 0.05) is 5.41 Å². The highest BCUT2D eigenvalue weighted by molar-refractivity contribution is 6.62. The Morgan fingerprint density at radius 3 is 2.06 bits per heavy atom. The Balaban J connectivity index is 1.48. The molecule has 1 spiro atoms. The second kappa shape index (κ2) is 7.32. The van der Waals surface area contributed by atoms with Crippen LogP contribution in [0.1, 0.15) is 70.9 Å². The van der Waals surface area contributed by atoms with E-state index < -0.39 is 0 Å². The minimum atomic E-state index is -0.340. The number of hydrogen-bond acceptors (Lipinski definition) is 2. The van der Waals surface area contributed by atoms with E-state index in [1.165, 1.54) is 65.5 Å². The predicted octanol–water partition coefficient (Wildman–Crippen LogP) is 6.88. The standard InChI is InChI=1S/C30H33BO2/c1-28(2)29(3,4)33-31(32-28)22-13-10-12-21(20-22)23-15-11-16-25-24-14-6-7-17-26(24)30(27(23)25)18-8-5-9-19-30/h6-7,10-17,20H,5,8-9,18-19H2,1-4H3. The Morgan fingerprint density at radius 2 is 1.30 bits per heavy atom. The summed E-state index contributed by atoms with van der Waals surface area (Å²) in [6.45, 7) is 8.46. The number of rotatable bonds is 2. The summed E-state index contributed by atoms with van der Waals surface area (Å²) in [6, 6.07) is 24.8. The summed E-state index contributed by atoms with van der Waals surface area (Å²) < 4.78 is 12.7. The van der Waals surface area contributed by atoms with Gasteiger partial charge in [-0.05, 0) is 79.4 Å². The zero-order valence-electron chi connectivity index (χ0n) is 20.3. The van der Waals surface area contributed by atoms with Gasteiger partial charge in [0.05, 0.1) is 11.2 Å². The molecule has 0 bridgehead atoms. The minimum Gasteiger partial charge on any atom is -0.399 e. The van der Waals surface area contributed by atoms with Crippen LogP contribution in [0.3, 0.4) is 0 Å². The molecule has 3 heteroatoms. The van der Waals surface area contributed by atoms with Crippen molar-refractivity contribution in [3.8, 4) is 22.3 Å². The highest BCUT2D eigenvalue weighted by Crippen LogP contribution is 2.58. The van der Waals surface area contributed by atoms with Gasteiger partial charge in [-0.1, -0.05) is 86.0 Å². The molecule has 2 aliphatic carbocycles. The number of fused-ring (bicyclic) bond motifs is 5. The first-order valence-electron chi connectivity index (χ1n) is 12.5. The minimum absolute atomic E-state index is 0.140. The normalized spacial score (nSPS) is 21.8. The summed E-state index contributed by atoms with van der Waals surface area (Å²) in [4.78, 5) is 0. The van der Waals surface area contributed by atoms with Crippen molar-refractivity contribution in [3.63, 3.8) is 0 Å². The molecule has 3 aromatic carbocycles. The summed E-state index contributed by atoms with van der Waals surface area (Å²) in [5.41, 5.74) is 9.11. The van der Waals surface area contributed by atoms with Gasteiger partial charge in [0.2, 0.25) is 0 Å². The molecule has 0 N–H and O–H groups in total. The van der Waals surface area contributed by atoms with E-state index in [2.05, 4.69) is 94.4 Å². The van der Waals surface area contributed by atoms with Gasteiger partial charge >= 0.3 is 7.12 Å².